The standard InChI is InChI=1S/C16H15ClO/c1-11-9-15(17)12(2)8-14(11)10-16(18)13-6-4-3-5-7-13/h3-9H,10H2,1-2H3. The Morgan fingerprint density at radius 2 is 1.72 bits per heavy atom. The zero-order valence-corrected chi connectivity index (χ0v) is 11.3. The van der Waals surface area contributed by atoms with Gasteiger partial charge in [-0.25, -0.2) is 0 Å². The lowest BCUT2D eigenvalue weighted by Gasteiger charge is -2.08. The summed E-state index contributed by atoms with van der Waals surface area (Å²) in [4.78, 5) is 12.1. The molecule has 92 valence electrons. The molecule has 0 bridgehead atoms. The Morgan fingerprint density at radius 1 is 1.06 bits per heavy atom. The quantitative estimate of drug-likeness (QED) is 0.747. The van der Waals surface area contributed by atoms with Gasteiger partial charge < -0.3 is 0 Å². The number of Topliss-reactive ketones (excluding diaryl/α,β-unsaturated/α-hetero) is 1. The van der Waals surface area contributed by atoms with E-state index < -0.39 is 0 Å². The molecule has 0 heterocycles. The highest BCUT2D eigenvalue weighted by atomic mass is 35.5. The molecule has 0 unspecified atom stereocenters. The van der Waals surface area contributed by atoms with E-state index >= 15 is 0 Å². The third-order valence-electron chi connectivity index (χ3n) is 3.06. The molecule has 2 aromatic carbocycles. The van der Waals surface area contributed by atoms with Crippen LogP contribution in [0, 0.1) is 13.8 Å². The van der Waals surface area contributed by atoms with E-state index in [-0.39, 0.29) is 5.78 Å². The lowest BCUT2D eigenvalue weighted by Crippen LogP contribution is -2.05. The second-order valence-electron chi connectivity index (χ2n) is 4.49. The highest BCUT2D eigenvalue weighted by molar-refractivity contribution is 6.31. The zero-order chi connectivity index (χ0) is 13.1. The van der Waals surface area contributed by atoms with Gasteiger partial charge in [0.15, 0.2) is 5.78 Å². The minimum Gasteiger partial charge on any atom is -0.294 e. The Balaban J connectivity index is 2.25. The third-order valence-corrected chi connectivity index (χ3v) is 3.47. The van der Waals surface area contributed by atoms with Crippen LogP contribution in [-0.4, -0.2) is 5.78 Å². The van der Waals surface area contributed by atoms with Crippen LogP contribution in [0.5, 0.6) is 0 Å². The SMILES string of the molecule is Cc1cc(CC(=O)c2ccccc2)c(C)cc1Cl. The van der Waals surface area contributed by atoms with Crippen LogP contribution in [0.1, 0.15) is 27.0 Å². The maximum Gasteiger partial charge on any atom is 0.167 e. The van der Waals surface area contributed by atoms with Gasteiger partial charge in [-0.15, -0.1) is 0 Å². The maximum absolute atomic E-state index is 12.1. The number of aryl methyl sites for hydroxylation is 2. The smallest absolute Gasteiger partial charge is 0.167 e. The molecule has 18 heavy (non-hydrogen) atoms. The van der Waals surface area contributed by atoms with Crippen molar-refractivity contribution in [2.24, 2.45) is 0 Å². The molecular weight excluding hydrogens is 244 g/mol. The maximum atomic E-state index is 12.1. The molecule has 0 aromatic heterocycles. The van der Waals surface area contributed by atoms with Crippen LogP contribution in [0.4, 0.5) is 0 Å². The first-order chi connectivity index (χ1) is 8.58. The van der Waals surface area contributed by atoms with Gasteiger partial charge >= 0.3 is 0 Å². The Labute approximate surface area is 112 Å². The van der Waals surface area contributed by atoms with Crippen LogP contribution in [0.2, 0.25) is 5.02 Å². The molecule has 1 nitrogen and oxygen atoms in total. The number of rotatable bonds is 3. The molecule has 0 atom stereocenters. The molecule has 0 fully saturated rings. The first kappa shape index (κ1) is 12.8. The van der Waals surface area contributed by atoms with E-state index in [1.165, 1.54) is 0 Å². The van der Waals surface area contributed by atoms with Crippen molar-refractivity contribution in [3.05, 3.63) is 69.7 Å². The number of halogens is 1. The second kappa shape index (κ2) is 5.36. The van der Waals surface area contributed by atoms with Gasteiger partial charge in [0.1, 0.15) is 0 Å². The van der Waals surface area contributed by atoms with Crippen LogP contribution in [0.15, 0.2) is 42.5 Å². The van der Waals surface area contributed by atoms with Crippen molar-refractivity contribution in [1.82, 2.24) is 0 Å². The number of hydrogen-bond acceptors (Lipinski definition) is 1. The summed E-state index contributed by atoms with van der Waals surface area (Å²) in [7, 11) is 0. The summed E-state index contributed by atoms with van der Waals surface area (Å²) in [6.45, 7) is 3.94. The lowest BCUT2D eigenvalue weighted by atomic mass is 9.98. The van der Waals surface area contributed by atoms with Gasteiger partial charge in [0.25, 0.3) is 0 Å². The van der Waals surface area contributed by atoms with E-state index in [0.717, 1.165) is 27.3 Å². The normalized spacial score (nSPS) is 10.4. The average molecular weight is 259 g/mol. The van der Waals surface area contributed by atoms with Crippen molar-refractivity contribution in [2.45, 2.75) is 20.3 Å². The molecule has 0 saturated carbocycles. The molecule has 0 aliphatic rings. The molecule has 0 spiro atoms. The Bertz CT molecular complexity index is 573. The molecule has 0 saturated heterocycles. The average Bonchev–Trinajstić information content (AvgIpc) is 2.37. The van der Waals surface area contributed by atoms with E-state index in [1.807, 2.05) is 56.3 Å². The molecule has 0 radical (unpaired) electrons. The molecule has 0 amide bonds. The van der Waals surface area contributed by atoms with Crippen LogP contribution >= 0.6 is 11.6 Å². The van der Waals surface area contributed by atoms with Crippen molar-refractivity contribution >= 4 is 17.4 Å². The van der Waals surface area contributed by atoms with Gasteiger partial charge in [-0.3, -0.25) is 4.79 Å². The van der Waals surface area contributed by atoms with Gasteiger partial charge in [-0.05, 0) is 36.6 Å². The van der Waals surface area contributed by atoms with Gasteiger partial charge in [0, 0.05) is 17.0 Å². The van der Waals surface area contributed by atoms with Crippen molar-refractivity contribution in [2.75, 3.05) is 0 Å². The largest absolute Gasteiger partial charge is 0.294 e. The van der Waals surface area contributed by atoms with E-state index in [9.17, 15) is 4.79 Å². The first-order valence-electron chi connectivity index (χ1n) is 5.92. The van der Waals surface area contributed by atoms with Crippen molar-refractivity contribution in [3.63, 3.8) is 0 Å². The summed E-state index contributed by atoms with van der Waals surface area (Å²) in [6.07, 6.45) is 0.424. The lowest BCUT2D eigenvalue weighted by molar-refractivity contribution is 0.0993. The Morgan fingerprint density at radius 3 is 2.39 bits per heavy atom. The van der Waals surface area contributed by atoms with E-state index in [0.29, 0.717) is 6.42 Å². The van der Waals surface area contributed by atoms with Crippen molar-refractivity contribution in [1.29, 1.82) is 0 Å². The summed E-state index contributed by atoms with van der Waals surface area (Å²) in [5.41, 5.74) is 3.88. The topological polar surface area (TPSA) is 17.1 Å². The summed E-state index contributed by atoms with van der Waals surface area (Å²) in [5.74, 6) is 0.139. The number of carbonyl (C=O) groups is 1. The molecule has 0 N–H and O–H groups in total. The summed E-state index contributed by atoms with van der Waals surface area (Å²) in [5, 5.41) is 0.753. The molecule has 2 rings (SSSR count). The van der Waals surface area contributed by atoms with Crippen LogP contribution in [0.25, 0.3) is 0 Å². The summed E-state index contributed by atoms with van der Waals surface area (Å²) < 4.78 is 0. The molecule has 2 aromatic rings. The second-order valence-corrected chi connectivity index (χ2v) is 4.90. The molecule has 2 heteroatoms. The minimum atomic E-state index is 0.139. The van der Waals surface area contributed by atoms with Gasteiger partial charge in [-0.2, -0.15) is 0 Å². The number of benzene rings is 2. The number of carbonyl (C=O) groups excluding carboxylic acids is 1. The zero-order valence-electron chi connectivity index (χ0n) is 10.5. The molecular formula is C16H15ClO. The monoisotopic (exact) mass is 258 g/mol. The number of hydrogen-bond donors (Lipinski definition) is 0. The van der Waals surface area contributed by atoms with E-state index in [1.54, 1.807) is 0 Å². The van der Waals surface area contributed by atoms with E-state index in [4.69, 9.17) is 11.6 Å². The molecule has 0 aliphatic heterocycles. The summed E-state index contributed by atoms with van der Waals surface area (Å²) >= 11 is 6.05. The summed E-state index contributed by atoms with van der Waals surface area (Å²) in [6, 6.07) is 13.3. The predicted octanol–water partition coefficient (Wildman–Crippen LogP) is 4.38. The van der Waals surface area contributed by atoms with Gasteiger partial charge in [-0.1, -0.05) is 48.0 Å². The van der Waals surface area contributed by atoms with Gasteiger partial charge in [0.2, 0.25) is 0 Å². The minimum absolute atomic E-state index is 0.139. The third kappa shape index (κ3) is 2.80. The predicted molar refractivity (Wildman–Crippen MR) is 75.4 cm³/mol. The van der Waals surface area contributed by atoms with E-state index in [2.05, 4.69) is 0 Å². The first-order valence-corrected chi connectivity index (χ1v) is 6.29. The fourth-order valence-corrected chi connectivity index (χ4v) is 2.15. The Kier molecular flexibility index (Phi) is 3.83. The fraction of sp³-hybridized carbons (Fsp3) is 0.188. The molecule has 0 aliphatic carbocycles. The highest BCUT2D eigenvalue weighted by Gasteiger charge is 2.10. The fourth-order valence-electron chi connectivity index (χ4n) is 1.93. The van der Waals surface area contributed by atoms with Crippen LogP contribution in [-0.2, 0) is 6.42 Å². The van der Waals surface area contributed by atoms with Crippen LogP contribution < -0.4 is 0 Å². The highest BCUT2D eigenvalue weighted by Crippen LogP contribution is 2.21. The van der Waals surface area contributed by atoms with Crippen LogP contribution in [0.3, 0.4) is 0 Å². The van der Waals surface area contributed by atoms with Gasteiger partial charge in [0.05, 0.1) is 0 Å². The van der Waals surface area contributed by atoms with Crippen molar-refractivity contribution in [3.8, 4) is 0 Å². The Hall–Kier alpha value is -1.60. The van der Waals surface area contributed by atoms with Crippen molar-refractivity contribution < 1.29 is 4.79 Å². The number of ketones is 1.